The molecule has 1 aliphatic rings. The predicted octanol–water partition coefficient (Wildman–Crippen LogP) is 3.10. The summed E-state index contributed by atoms with van der Waals surface area (Å²) in [6.07, 6.45) is 2.12. The maximum absolute atomic E-state index is 12.0. The van der Waals surface area contributed by atoms with E-state index in [9.17, 15) is 4.79 Å². The summed E-state index contributed by atoms with van der Waals surface area (Å²) in [5.41, 5.74) is 6.43. The Morgan fingerprint density at radius 3 is 2.82 bits per heavy atom. The van der Waals surface area contributed by atoms with E-state index in [0.29, 0.717) is 22.2 Å². The fourth-order valence-electron chi connectivity index (χ4n) is 1.90. The van der Waals surface area contributed by atoms with Gasteiger partial charge in [0, 0.05) is 11.7 Å². The Bertz CT molecular complexity index is 462. The third-order valence-electron chi connectivity index (χ3n) is 3.06. The van der Waals surface area contributed by atoms with Gasteiger partial charge >= 0.3 is 0 Å². The summed E-state index contributed by atoms with van der Waals surface area (Å²) >= 11 is 11.9. The standard InChI is InChI=1S/C12H14Cl2N2O/c1-2-6-3-10(6)16-12(17)8-4-7(15)5-9(13)11(8)14/h4-6,10H,2-3,15H2,1H3,(H,16,17). The van der Waals surface area contributed by atoms with Crippen LogP contribution in [0.3, 0.4) is 0 Å². The molecule has 5 heteroatoms. The molecular weight excluding hydrogens is 259 g/mol. The number of nitrogens with two attached hydrogens (primary N) is 1. The Hall–Kier alpha value is -0.930. The summed E-state index contributed by atoms with van der Waals surface area (Å²) in [5.74, 6) is 0.388. The highest BCUT2D eigenvalue weighted by Gasteiger charge is 2.36. The van der Waals surface area contributed by atoms with Crippen molar-refractivity contribution in [2.75, 3.05) is 5.73 Å². The zero-order valence-corrected chi connectivity index (χ0v) is 11.0. The lowest BCUT2D eigenvalue weighted by molar-refractivity contribution is 0.0949. The van der Waals surface area contributed by atoms with Crippen LogP contribution < -0.4 is 11.1 Å². The lowest BCUT2D eigenvalue weighted by atomic mass is 10.2. The van der Waals surface area contributed by atoms with Gasteiger partial charge in [-0.1, -0.05) is 36.5 Å². The van der Waals surface area contributed by atoms with Gasteiger partial charge in [-0.3, -0.25) is 4.79 Å². The number of carbonyl (C=O) groups excluding carboxylic acids is 1. The monoisotopic (exact) mass is 272 g/mol. The van der Waals surface area contributed by atoms with Crippen LogP contribution in [0.25, 0.3) is 0 Å². The second-order valence-electron chi connectivity index (χ2n) is 4.35. The minimum atomic E-state index is -0.204. The fraction of sp³-hybridized carbons (Fsp3) is 0.417. The number of nitrogen functional groups attached to an aromatic ring is 1. The number of nitrogens with one attached hydrogen (secondary N) is 1. The molecule has 2 rings (SSSR count). The molecule has 0 aliphatic heterocycles. The molecule has 3 nitrogen and oxygen atoms in total. The van der Waals surface area contributed by atoms with Crippen molar-refractivity contribution in [2.24, 2.45) is 5.92 Å². The van der Waals surface area contributed by atoms with Crippen LogP contribution >= 0.6 is 23.2 Å². The van der Waals surface area contributed by atoms with Crippen molar-refractivity contribution < 1.29 is 4.79 Å². The Morgan fingerprint density at radius 2 is 2.24 bits per heavy atom. The van der Waals surface area contributed by atoms with Crippen LogP contribution in [0.1, 0.15) is 30.1 Å². The number of benzene rings is 1. The van der Waals surface area contributed by atoms with Crippen molar-refractivity contribution >= 4 is 34.8 Å². The first-order valence-corrected chi connectivity index (χ1v) is 6.34. The first-order valence-electron chi connectivity index (χ1n) is 5.58. The molecule has 0 bridgehead atoms. The molecule has 1 saturated carbocycles. The van der Waals surface area contributed by atoms with E-state index < -0.39 is 0 Å². The van der Waals surface area contributed by atoms with Crippen LogP contribution in [0.2, 0.25) is 10.0 Å². The van der Waals surface area contributed by atoms with Gasteiger partial charge in [0.2, 0.25) is 0 Å². The normalized spacial score (nSPS) is 22.3. The first kappa shape index (κ1) is 12.5. The zero-order valence-electron chi connectivity index (χ0n) is 9.47. The van der Waals surface area contributed by atoms with Gasteiger partial charge in [-0.2, -0.15) is 0 Å². The Labute approximate surface area is 110 Å². The number of hydrogen-bond acceptors (Lipinski definition) is 2. The van der Waals surface area contributed by atoms with Crippen LogP contribution in [0.15, 0.2) is 12.1 Å². The molecule has 0 heterocycles. The maximum Gasteiger partial charge on any atom is 0.253 e. The highest BCUT2D eigenvalue weighted by atomic mass is 35.5. The van der Waals surface area contributed by atoms with Gasteiger partial charge in [-0.15, -0.1) is 0 Å². The van der Waals surface area contributed by atoms with Crippen molar-refractivity contribution in [1.82, 2.24) is 5.32 Å². The summed E-state index contributed by atoms with van der Waals surface area (Å²) in [4.78, 5) is 12.0. The predicted molar refractivity (Wildman–Crippen MR) is 70.5 cm³/mol. The number of anilines is 1. The fourth-order valence-corrected chi connectivity index (χ4v) is 2.32. The van der Waals surface area contributed by atoms with Crippen LogP contribution in [0.4, 0.5) is 5.69 Å². The number of hydrogen-bond donors (Lipinski definition) is 2. The minimum Gasteiger partial charge on any atom is -0.399 e. The largest absolute Gasteiger partial charge is 0.399 e. The lowest BCUT2D eigenvalue weighted by Gasteiger charge is -2.08. The summed E-state index contributed by atoms with van der Waals surface area (Å²) in [5, 5.41) is 3.49. The molecule has 17 heavy (non-hydrogen) atoms. The second-order valence-corrected chi connectivity index (χ2v) is 5.13. The van der Waals surface area contributed by atoms with Crippen LogP contribution in [-0.4, -0.2) is 11.9 Å². The molecule has 1 aliphatic carbocycles. The van der Waals surface area contributed by atoms with Gasteiger partial charge in [-0.25, -0.2) is 0 Å². The number of rotatable bonds is 3. The maximum atomic E-state index is 12.0. The quantitative estimate of drug-likeness (QED) is 0.831. The van der Waals surface area contributed by atoms with Gasteiger partial charge in [0.05, 0.1) is 15.6 Å². The number of carbonyl (C=O) groups is 1. The smallest absolute Gasteiger partial charge is 0.253 e. The molecular formula is C12H14Cl2N2O. The van der Waals surface area contributed by atoms with Crippen LogP contribution in [-0.2, 0) is 0 Å². The SMILES string of the molecule is CCC1CC1NC(=O)c1cc(N)cc(Cl)c1Cl. The molecule has 0 spiro atoms. The molecule has 0 radical (unpaired) electrons. The van der Waals surface area contributed by atoms with Crippen LogP contribution in [0, 0.1) is 5.92 Å². The molecule has 2 atom stereocenters. The van der Waals surface area contributed by atoms with E-state index in [2.05, 4.69) is 12.2 Å². The van der Waals surface area contributed by atoms with E-state index in [0.717, 1.165) is 12.8 Å². The summed E-state index contributed by atoms with van der Waals surface area (Å²) in [6.45, 7) is 2.11. The molecule has 0 aromatic heterocycles. The Balaban J connectivity index is 2.14. The van der Waals surface area contributed by atoms with Gasteiger partial charge in [0.1, 0.15) is 0 Å². The zero-order chi connectivity index (χ0) is 12.6. The van der Waals surface area contributed by atoms with Gasteiger partial charge in [0.15, 0.2) is 0 Å². The first-order chi connectivity index (χ1) is 8.02. The molecule has 1 aromatic rings. The van der Waals surface area contributed by atoms with Crippen molar-refractivity contribution in [1.29, 1.82) is 0 Å². The average molecular weight is 273 g/mol. The Kier molecular flexibility index (Phi) is 3.50. The average Bonchev–Trinajstić information content (AvgIpc) is 3.01. The highest BCUT2D eigenvalue weighted by molar-refractivity contribution is 6.44. The van der Waals surface area contributed by atoms with Crippen LogP contribution in [0.5, 0.6) is 0 Å². The van der Waals surface area contributed by atoms with Gasteiger partial charge in [-0.05, 0) is 24.5 Å². The van der Waals surface area contributed by atoms with Crippen molar-refractivity contribution in [3.8, 4) is 0 Å². The van der Waals surface area contributed by atoms with E-state index in [1.165, 1.54) is 6.07 Å². The number of amides is 1. The summed E-state index contributed by atoms with van der Waals surface area (Å²) in [7, 11) is 0. The third kappa shape index (κ3) is 2.67. The lowest BCUT2D eigenvalue weighted by Crippen LogP contribution is -2.27. The molecule has 1 amide bonds. The van der Waals surface area contributed by atoms with Gasteiger partial charge in [0.25, 0.3) is 5.91 Å². The molecule has 1 fully saturated rings. The van der Waals surface area contributed by atoms with Crippen molar-refractivity contribution in [2.45, 2.75) is 25.8 Å². The number of halogens is 2. The van der Waals surface area contributed by atoms with E-state index in [1.54, 1.807) is 6.07 Å². The second kappa shape index (κ2) is 4.75. The van der Waals surface area contributed by atoms with Crippen molar-refractivity contribution in [3.05, 3.63) is 27.7 Å². The van der Waals surface area contributed by atoms with E-state index in [-0.39, 0.29) is 17.0 Å². The molecule has 92 valence electrons. The molecule has 0 saturated heterocycles. The molecule has 3 N–H and O–H groups in total. The summed E-state index contributed by atoms with van der Waals surface area (Å²) in [6, 6.07) is 3.35. The highest BCUT2D eigenvalue weighted by Crippen LogP contribution is 2.34. The van der Waals surface area contributed by atoms with E-state index >= 15 is 0 Å². The third-order valence-corrected chi connectivity index (χ3v) is 3.86. The topological polar surface area (TPSA) is 55.1 Å². The molecule has 2 unspecified atom stereocenters. The minimum absolute atomic E-state index is 0.204. The Morgan fingerprint density at radius 1 is 1.53 bits per heavy atom. The molecule has 1 aromatic carbocycles. The summed E-state index contributed by atoms with van der Waals surface area (Å²) < 4.78 is 0. The van der Waals surface area contributed by atoms with Gasteiger partial charge < -0.3 is 11.1 Å². The van der Waals surface area contributed by atoms with Crippen molar-refractivity contribution in [3.63, 3.8) is 0 Å². The van der Waals surface area contributed by atoms with E-state index in [4.69, 9.17) is 28.9 Å². The van der Waals surface area contributed by atoms with E-state index in [1.807, 2.05) is 0 Å².